The van der Waals surface area contributed by atoms with Gasteiger partial charge in [-0.1, -0.05) is 11.6 Å². The monoisotopic (exact) mass is 311 g/mol. The van der Waals surface area contributed by atoms with Crippen molar-refractivity contribution in [2.45, 2.75) is 13.0 Å². The second-order valence-electron chi connectivity index (χ2n) is 4.33. The molecule has 0 aliphatic carbocycles. The number of carbonyl (C=O) groups excluding carboxylic acids is 1. The Kier molecular flexibility index (Phi) is 4.75. The van der Waals surface area contributed by atoms with Gasteiger partial charge in [0.2, 0.25) is 0 Å². The van der Waals surface area contributed by atoms with Gasteiger partial charge in [0.05, 0.1) is 10.7 Å². The van der Waals surface area contributed by atoms with Crippen LogP contribution in [0.4, 0.5) is 14.5 Å². The van der Waals surface area contributed by atoms with E-state index in [1.165, 1.54) is 43.3 Å². The van der Waals surface area contributed by atoms with E-state index in [9.17, 15) is 13.6 Å². The van der Waals surface area contributed by atoms with Gasteiger partial charge in [0.15, 0.2) is 6.10 Å². The summed E-state index contributed by atoms with van der Waals surface area (Å²) in [7, 11) is 0. The van der Waals surface area contributed by atoms with E-state index in [0.717, 1.165) is 6.07 Å². The van der Waals surface area contributed by atoms with Gasteiger partial charge in [0.1, 0.15) is 17.4 Å². The first-order chi connectivity index (χ1) is 9.95. The molecule has 6 heteroatoms. The van der Waals surface area contributed by atoms with Crippen molar-refractivity contribution in [3.63, 3.8) is 0 Å². The van der Waals surface area contributed by atoms with Crippen LogP contribution in [0, 0.1) is 11.6 Å². The molecule has 0 spiro atoms. The number of hydrogen-bond donors (Lipinski definition) is 1. The molecule has 2 aromatic rings. The second-order valence-corrected chi connectivity index (χ2v) is 4.73. The Hall–Kier alpha value is -2.14. The first kappa shape index (κ1) is 15.3. The molecule has 0 radical (unpaired) electrons. The number of ether oxygens (including phenoxy) is 1. The fourth-order valence-electron chi connectivity index (χ4n) is 1.60. The highest BCUT2D eigenvalue weighted by Gasteiger charge is 2.16. The number of carbonyl (C=O) groups is 1. The Morgan fingerprint density at radius 2 is 1.76 bits per heavy atom. The molecule has 1 atom stereocenters. The van der Waals surface area contributed by atoms with Gasteiger partial charge >= 0.3 is 0 Å². The topological polar surface area (TPSA) is 38.3 Å². The smallest absolute Gasteiger partial charge is 0.265 e. The number of amides is 1. The molecule has 0 bridgehead atoms. The minimum absolute atomic E-state index is 0.0948. The van der Waals surface area contributed by atoms with Crippen LogP contribution >= 0.6 is 11.6 Å². The fraction of sp³-hybridized carbons (Fsp3) is 0.133. The molecule has 1 amide bonds. The molecule has 21 heavy (non-hydrogen) atoms. The first-order valence-corrected chi connectivity index (χ1v) is 6.51. The molecule has 0 saturated heterocycles. The summed E-state index contributed by atoms with van der Waals surface area (Å²) in [5, 5.41) is 2.63. The highest BCUT2D eigenvalue weighted by Crippen LogP contribution is 2.23. The van der Waals surface area contributed by atoms with Crippen LogP contribution in [0.2, 0.25) is 5.02 Å². The minimum Gasteiger partial charge on any atom is -0.481 e. The Bertz CT molecular complexity index is 647. The average molecular weight is 312 g/mol. The highest BCUT2D eigenvalue weighted by atomic mass is 35.5. The van der Waals surface area contributed by atoms with Gasteiger partial charge < -0.3 is 10.1 Å². The quantitative estimate of drug-likeness (QED) is 0.926. The number of nitrogens with one attached hydrogen (secondary N) is 1. The van der Waals surface area contributed by atoms with Crippen molar-refractivity contribution in [3.05, 3.63) is 59.1 Å². The zero-order valence-corrected chi connectivity index (χ0v) is 11.8. The van der Waals surface area contributed by atoms with Crippen LogP contribution < -0.4 is 10.1 Å². The number of benzene rings is 2. The molecule has 3 nitrogen and oxygen atoms in total. The molecular weight excluding hydrogens is 300 g/mol. The Morgan fingerprint density at radius 3 is 2.38 bits per heavy atom. The van der Waals surface area contributed by atoms with Crippen molar-refractivity contribution in [2.24, 2.45) is 0 Å². The Balaban J connectivity index is 2.00. The Labute approximate surface area is 125 Å². The van der Waals surface area contributed by atoms with E-state index in [4.69, 9.17) is 16.3 Å². The average Bonchev–Trinajstić information content (AvgIpc) is 2.44. The third kappa shape index (κ3) is 4.16. The van der Waals surface area contributed by atoms with Gasteiger partial charge in [-0.05, 0) is 49.4 Å². The summed E-state index contributed by atoms with van der Waals surface area (Å²) in [6.45, 7) is 1.54. The van der Waals surface area contributed by atoms with E-state index in [1.807, 2.05) is 0 Å². The van der Waals surface area contributed by atoms with Crippen LogP contribution in [0.15, 0.2) is 42.5 Å². The lowest BCUT2D eigenvalue weighted by Crippen LogP contribution is -2.30. The van der Waals surface area contributed by atoms with E-state index in [1.54, 1.807) is 0 Å². The third-order valence-electron chi connectivity index (χ3n) is 2.68. The van der Waals surface area contributed by atoms with E-state index >= 15 is 0 Å². The molecule has 0 aliphatic rings. The number of rotatable bonds is 4. The molecule has 2 aromatic carbocycles. The van der Waals surface area contributed by atoms with Crippen LogP contribution in [0.1, 0.15) is 6.92 Å². The summed E-state index contributed by atoms with van der Waals surface area (Å²) < 4.78 is 31.0. The minimum atomic E-state index is -0.823. The summed E-state index contributed by atoms with van der Waals surface area (Å²) in [5.74, 6) is -0.969. The maximum Gasteiger partial charge on any atom is 0.265 e. The van der Waals surface area contributed by atoms with Crippen LogP contribution in [0.3, 0.4) is 0 Å². The lowest BCUT2D eigenvalue weighted by Gasteiger charge is -2.15. The van der Waals surface area contributed by atoms with Crippen molar-refractivity contribution in [1.82, 2.24) is 0 Å². The van der Waals surface area contributed by atoms with Crippen molar-refractivity contribution in [3.8, 4) is 5.75 Å². The summed E-state index contributed by atoms with van der Waals surface area (Å²) >= 11 is 5.82. The second kappa shape index (κ2) is 6.54. The van der Waals surface area contributed by atoms with Crippen LogP contribution in [-0.4, -0.2) is 12.0 Å². The van der Waals surface area contributed by atoms with Crippen molar-refractivity contribution < 1.29 is 18.3 Å². The van der Waals surface area contributed by atoms with Gasteiger partial charge in [0.25, 0.3) is 5.91 Å². The number of hydrogen-bond acceptors (Lipinski definition) is 2. The van der Waals surface area contributed by atoms with Crippen LogP contribution in [-0.2, 0) is 4.79 Å². The largest absolute Gasteiger partial charge is 0.481 e. The molecule has 1 N–H and O–H groups in total. The molecular formula is C15H12ClF2NO2. The molecule has 0 heterocycles. The summed E-state index contributed by atoms with van der Waals surface area (Å²) in [5.41, 5.74) is 0.289. The normalized spacial score (nSPS) is 11.8. The van der Waals surface area contributed by atoms with Gasteiger partial charge in [-0.3, -0.25) is 4.79 Å². The molecule has 0 unspecified atom stereocenters. The molecule has 0 aliphatic heterocycles. The molecule has 0 saturated carbocycles. The summed E-state index contributed by atoms with van der Waals surface area (Å²) in [6.07, 6.45) is -0.823. The standard InChI is InChI=1S/C15H12ClF2NO2/c1-9(21-12-5-2-10(17)3-6-12)15(20)19-14-7-4-11(18)8-13(14)16/h2-9H,1H3,(H,19,20)/t9-/m0/s1. The van der Waals surface area contributed by atoms with E-state index in [0.29, 0.717) is 5.75 Å². The van der Waals surface area contributed by atoms with Crippen molar-refractivity contribution in [1.29, 1.82) is 0 Å². The van der Waals surface area contributed by atoms with Gasteiger partial charge in [-0.15, -0.1) is 0 Å². The van der Waals surface area contributed by atoms with Gasteiger partial charge in [-0.25, -0.2) is 8.78 Å². The summed E-state index contributed by atoms with van der Waals surface area (Å²) in [4.78, 5) is 12.0. The Morgan fingerprint density at radius 1 is 1.14 bits per heavy atom. The van der Waals surface area contributed by atoms with Crippen LogP contribution in [0.25, 0.3) is 0 Å². The zero-order valence-electron chi connectivity index (χ0n) is 11.1. The summed E-state index contributed by atoms with van der Waals surface area (Å²) in [6, 6.07) is 8.96. The highest BCUT2D eigenvalue weighted by molar-refractivity contribution is 6.33. The van der Waals surface area contributed by atoms with Gasteiger partial charge in [-0.2, -0.15) is 0 Å². The molecule has 0 aromatic heterocycles. The van der Waals surface area contributed by atoms with Crippen LogP contribution in [0.5, 0.6) is 5.75 Å². The van der Waals surface area contributed by atoms with E-state index in [2.05, 4.69) is 5.32 Å². The van der Waals surface area contributed by atoms with Crippen molar-refractivity contribution >= 4 is 23.2 Å². The predicted molar refractivity (Wildman–Crippen MR) is 76.5 cm³/mol. The maximum atomic E-state index is 12.9. The predicted octanol–water partition coefficient (Wildman–Crippen LogP) is 4.02. The number of halogens is 3. The zero-order chi connectivity index (χ0) is 15.4. The lowest BCUT2D eigenvalue weighted by atomic mass is 10.3. The van der Waals surface area contributed by atoms with E-state index in [-0.39, 0.29) is 10.7 Å². The first-order valence-electron chi connectivity index (χ1n) is 6.14. The van der Waals surface area contributed by atoms with E-state index < -0.39 is 23.6 Å². The molecule has 0 fully saturated rings. The fourth-order valence-corrected chi connectivity index (χ4v) is 1.81. The van der Waals surface area contributed by atoms with Gasteiger partial charge in [0, 0.05) is 0 Å². The van der Waals surface area contributed by atoms with Crippen molar-refractivity contribution in [2.75, 3.05) is 5.32 Å². The lowest BCUT2D eigenvalue weighted by molar-refractivity contribution is -0.122. The molecule has 110 valence electrons. The SMILES string of the molecule is C[C@H](Oc1ccc(F)cc1)C(=O)Nc1ccc(F)cc1Cl. The maximum absolute atomic E-state index is 12.9. The number of anilines is 1. The third-order valence-corrected chi connectivity index (χ3v) is 3.00. The molecule has 2 rings (SSSR count).